The zero-order valence-corrected chi connectivity index (χ0v) is 8.94. The molecule has 0 saturated carbocycles. The number of carbonyl (C=O) groups excluding carboxylic acids is 1. The molecule has 0 radical (unpaired) electrons. The highest BCUT2D eigenvalue weighted by Gasteiger charge is 2.02. The van der Waals surface area contributed by atoms with Gasteiger partial charge in [-0.3, -0.25) is 5.32 Å². The van der Waals surface area contributed by atoms with E-state index in [4.69, 9.17) is 0 Å². The first-order valence-corrected chi connectivity index (χ1v) is 4.57. The average Bonchev–Trinajstić information content (AvgIpc) is 2.20. The molecule has 0 fully saturated rings. The highest BCUT2D eigenvalue weighted by Crippen LogP contribution is 2.07. The summed E-state index contributed by atoms with van der Waals surface area (Å²) >= 11 is 0. The lowest BCUT2D eigenvalue weighted by Crippen LogP contribution is -2.14. The standard InChI is InChI=1S/C9H14N4O2/c1-6(2)10-7-4-5-8(13-12-7)11-9(14)15-3/h4-6H,1-3H3,(H,10,12)(H,11,13,14). The van der Waals surface area contributed by atoms with E-state index in [1.165, 1.54) is 7.11 Å². The van der Waals surface area contributed by atoms with Crippen LogP contribution < -0.4 is 10.6 Å². The summed E-state index contributed by atoms with van der Waals surface area (Å²) in [5.74, 6) is 1.02. The predicted molar refractivity (Wildman–Crippen MR) is 56.8 cm³/mol. The van der Waals surface area contributed by atoms with Crippen LogP contribution in [0.5, 0.6) is 0 Å². The molecule has 1 aromatic rings. The van der Waals surface area contributed by atoms with E-state index in [0.29, 0.717) is 17.7 Å². The molecule has 2 N–H and O–H groups in total. The topological polar surface area (TPSA) is 76.1 Å². The van der Waals surface area contributed by atoms with E-state index in [2.05, 4.69) is 25.6 Å². The molecule has 0 aliphatic carbocycles. The molecule has 1 rings (SSSR count). The Balaban J connectivity index is 2.60. The fourth-order valence-corrected chi connectivity index (χ4v) is 0.927. The van der Waals surface area contributed by atoms with E-state index in [-0.39, 0.29) is 0 Å². The van der Waals surface area contributed by atoms with E-state index >= 15 is 0 Å². The molecule has 0 spiro atoms. The van der Waals surface area contributed by atoms with Crippen LogP contribution in [-0.2, 0) is 4.74 Å². The lowest BCUT2D eigenvalue weighted by molar-refractivity contribution is 0.187. The molecule has 82 valence electrons. The summed E-state index contributed by atoms with van der Waals surface area (Å²) in [6.45, 7) is 4.00. The van der Waals surface area contributed by atoms with Crippen LogP contribution in [0.25, 0.3) is 0 Å². The number of hydrogen-bond donors (Lipinski definition) is 2. The van der Waals surface area contributed by atoms with E-state index in [1.54, 1.807) is 12.1 Å². The van der Waals surface area contributed by atoms with Crippen LogP contribution >= 0.6 is 0 Å². The first kappa shape index (κ1) is 11.2. The fraction of sp³-hybridized carbons (Fsp3) is 0.444. The number of ether oxygens (including phenoxy) is 1. The highest BCUT2D eigenvalue weighted by atomic mass is 16.5. The molecule has 0 aliphatic rings. The van der Waals surface area contributed by atoms with Gasteiger partial charge < -0.3 is 10.1 Å². The van der Waals surface area contributed by atoms with Crippen LogP contribution in [0.15, 0.2) is 12.1 Å². The molecule has 1 aromatic heterocycles. The first-order chi connectivity index (χ1) is 7.11. The van der Waals surface area contributed by atoms with Crippen molar-refractivity contribution >= 4 is 17.7 Å². The monoisotopic (exact) mass is 210 g/mol. The Labute approximate surface area is 88.0 Å². The van der Waals surface area contributed by atoms with Crippen molar-refractivity contribution in [2.75, 3.05) is 17.7 Å². The SMILES string of the molecule is COC(=O)Nc1ccc(NC(C)C)nn1. The molecule has 0 saturated heterocycles. The lowest BCUT2D eigenvalue weighted by atomic mass is 10.4. The molecule has 1 heterocycles. The molecule has 0 bridgehead atoms. The second-order valence-corrected chi connectivity index (χ2v) is 3.22. The van der Waals surface area contributed by atoms with Gasteiger partial charge in [0, 0.05) is 6.04 Å². The van der Waals surface area contributed by atoms with Crippen LogP contribution in [0.3, 0.4) is 0 Å². The van der Waals surface area contributed by atoms with Crippen LogP contribution in [0.1, 0.15) is 13.8 Å². The molecule has 15 heavy (non-hydrogen) atoms. The second kappa shape index (κ2) is 5.14. The molecule has 0 atom stereocenters. The van der Waals surface area contributed by atoms with Gasteiger partial charge in [0.15, 0.2) is 5.82 Å². The van der Waals surface area contributed by atoms with Crippen LogP contribution in [-0.4, -0.2) is 29.4 Å². The normalized spacial score (nSPS) is 9.87. The van der Waals surface area contributed by atoms with Gasteiger partial charge in [0.05, 0.1) is 7.11 Å². The van der Waals surface area contributed by atoms with Crippen molar-refractivity contribution in [1.29, 1.82) is 0 Å². The van der Waals surface area contributed by atoms with Crippen LogP contribution in [0, 0.1) is 0 Å². The van der Waals surface area contributed by atoms with Crippen LogP contribution in [0.2, 0.25) is 0 Å². The molecular formula is C9H14N4O2. The fourth-order valence-electron chi connectivity index (χ4n) is 0.927. The van der Waals surface area contributed by atoms with Crippen LogP contribution in [0.4, 0.5) is 16.4 Å². The van der Waals surface area contributed by atoms with Gasteiger partial charge in [-0.2, -0.15) is 0 Å². The number of methoxy groups -OCH3 is 1. The Kier molecular flexibility index (Phi) is 3.84. The minimum atomic E-state index is -0.561. The van der Waals surface area contributed by atoms with Gasteiger partial charge in [0.25, 0.3) is 0 Å². The van der Waals surface area contributed by atoms with Gasteiger partial charge in [-0.15, -0.1) is 10.2 Å². The maximum Gasteiger partial charge on any atom is 0.412 e. The Morgan fingerprint density at radius 3 is 2.40 bits per heavy atom. The van der Waals surface area contributed by atoms with Crippen molar-refractivity contribution in [2.45, 2.75) is 19.9 Å². The van der Waals surface area contributed by atoms with Crippen molar-refractivity contribution < 1.29 is 9.53 Å². The maximum atomic E-state index is 10.8. The van der Waals surface area contributed by atoms with Gasteiger partial charge in [-0.1, -0.05) is 0 Å². The minimum absolute atomic E-state index is 0.290. The van der Waals surface area contributed by atoms with Gasteiger partial charge in [-0.25, -0.2) is 4.79 Å². The van der Waals surface area contributed by atoms with Gasteiger partial charge in [-0.05, 0) is 26.0 Å². The Morgan fingerprint density at radius 1 is 1.33 bits per heavy atom. The van der Waals surface area contributed by atoms with Crippen molar-refractivity contribution in [3.8, 4) is 0 Å². The molecule has 6 nitrogen and oxygen atoms in total. The van der Waals surface area contributed by atoms with Crippen molar-refractivity contribution in [1.82, 2.24) is 10.2 Å². The van der Waals surface area contributed by atoms with E-state index < -0.39 is 6.09 Å². The third-order valence-electron chi connectivity index (χ3n) is 1.52. The number of amides is 1. The summed E-state index contributed by atoms with van der Waals surface area (Å²) in [5.41, 5.74) is 0. The Bertz CT molecular complexity index is 323. The molecule has 6 heteroatoms. The maximum absolute atomic E-state index is 10.8. The molecular weight excluding hydrogens is 196 g/mol. The number of anilines is 2. The predicted octanol–water partition coefficient (Wildman–Crippen LogP) is 1.48. The third kappa shape index (κ3) is 3.80. The summed E-state index contributed by atoms with van der Waals surface area (Å²) in [4.78, 5) is 10.8. The van der Waals surface area contributed by atoms with Gasteiger partial charge >= 0.3 is 6.09 Å². The average molecular weight is 210 g/mol. The Morgan fingerprint density at radius 2 is 1.93 bits per heavy atom. The first-order valence-electron chi connectivity index (χ1n) is 4.57. The summed E-state index contributed by atoms with van der Waals surface area (Å²) in [6, 6.07) is 3.67. The number of aromatic nitrogens is 2. The van der Waals surface area contributed by atoms with Gasteiger partial charge in [0.1, 0.15) is 5.82 Å². The van der Waals surface area contributed by atoms with E-state index in [0.717, 1.165) is 0 Å². The van der Waals surface area contributed by atoms with Gasteiger partial charge in [0.2, 0.25) is 0 Å². The minimum Gasteiger partial charge on any atom is -0.453 e. The summed E-state index contributed by atoms with van der Waals surface area (Å²) in [7, 11) is 1.29. The highest BCUT2D eigenvalue weighted by molar-refractivity contribution is 5.83. The van der Waals surface area contributed by atoms with Crippen molar-refractivity contribution in [2.24, 2.45) is 0 Å². The zero-order valence-electron chi connectivity index (χ0n) is 8.94. The van der Waals surface area contributed by atoms with E-state index in [1.807, 2.05) is 13.8 Å². The third-order valence-corrected chi connectivity index (χ3v) is 1.52. The smallest absolute Gasteiger partial charge is 0.412 e. The summed E-state index contributed by atoms with van der Waals surface area (Å²) < 4.78 is 4.42. The largest absolute Gasteiger partial charge is 0.453 e. The zero-order chi connectivity index (χ0) is 11.3. The molecule has 0 unspecified atom stereocenters. The quantitative estimate of drug-likeness (QED) is 0.790. The number of carbonyl (C=O) groups is 1. The lowest BCUT2D eigenvalue weighted by Gasteiger charge is -2.08. The summed E-state index contributed by atoms with van der Waals surface area (Å²) in [5, 5.41) is 13.2. The molecule has 0 aliphatic heterocycles. The van der Waals surface area contributed by atoms with Crippen molar-refractivity contribution in [3.63, 3.8) is 0 Å². The molecule has 0 aromatic carbocycles. The van der Waals surface area contributed by atoms with E-state index in [9.17, 15) is 4.79 Å². The number of rotatable bonds is 3. The Hall–Kier alpha value is -1.85. The summed E-state index contributed by atoms with van der Waals surface area (Å²) in [6.07, 6.45) is -0.561. The second-order valence-electron chi connectivity index (χ2n) is 3.22. The molecule has 1 amide bonds. The van der Waals surface area contributed by atoms with Crippen molar-refractivity contribution in [3.05, 3.63) is 12.1 Å². The number of nitrogens with zero attached hydrogens (tertiary/aromatic N) is 2. The number of nitrogens with one attached hydrogen (secondary N) is 2. The number of hydrogen-bond acceptors (Lipinski definition) is 5.